The third kappa shape index (κ3) is 4.17. The monoisotopic (exact) mass is 263 g/mol. The summed E-state index contributed by atoms with van der Waals surface area (Å²) in [5.74, 6) is 0.158. The molecule has 0 saturated carbocycles. The van der Waals surface area contributed by atoms with Crippen molar-refractivity contribution >= 4 is 21.4 Å². The average molecular weight is 263 g/mol. The summed E-state index contributed by atoms with van der Waals surface area (Å²) in [6.07, 6.45) is 1.35. The quantitative estimate of drug-likeness (QED) is 0.733. The molecule has 0 aliphatic heterocycles. The molecule has 0 fully saturated rings. The van der Waals surface area contributed by atoms with E-state index < -0.39 is 10.0 Å². The van der Waals surface area contributed by atoms with Crippen LogP contribution in [0.5, 0.6) is 0 Å². The molecule has 0 atom stereocenters. The Labute approximate surface area is 100 Å². The van der Waals surface area contributed by atoms with Gasteiger partial charge in [-0.3, -0.25) is 0 Å². The van der Waals surface area contributed by atoms with Gasteiger partial charge in [0.05, 0.1) is 23.5 Å². The highest BCUT2D eigenvalue weighted by Crippen LogP contribution is 2.09. The first-order valence-corrected chi connectivity index (χ1v) is 7.62. The van der Waals surface area contributed by atoms with Gasteiger partial charge in [0.25, 0.3) is 0 Å². The SMILES string of the molecule is CN(Cc1cscn1)S(=O)(=O)CCCCN. The largest absolute Gasteiger partial charge is 0.330 e. The van der Waals surface area contributed by atoms with Crippen LogP contribution >= 0.6 is 11.3 Å². The van der Waals surface area contributed by atoms with Crippen molar-refractivity contribution in [3.05, 3.63) is 16.6 Å². The fourth-order valence-electron chi connectivity index (χ4n) is 1.23. The third-order valence-electron chi connectivity index (χ3n) is 2.20. The van der Waals surface area contributed by atoms with Crippen molar-refractivity contribution in [3.8, 4) is 0 Å². The highest BCUT2D eigenvalue weighted by Gasteiger charge is 2.17. The molecule has 1 aromatic heterocycles. The molecule has 0 unspecified atom stereocenters. The van der Waals surface area contributed by atoms with E-state index in [0.29, 0.717) is 19.5 Å². The molecule has 5 nitrogen and oxygen atoms in total. The summed E-state index contributed by atoms with van der Waals surface area (Å²) in [6.45, 7) is 0.875. The van der Waals surface area contributed by atoms with E-state index in [4.69, 9.17) is 5.73 Å². The van der Waals surface area contributed by atoms with Crippen LogP contribution in [0.15, 0.2) is 10.9 Å². The molecule has 0 aromatic carbocycles. The van der Waals surface area contributed by atoms with Crippen LogP contribution in [0.25, 0.3) is 0 Å². The van der Waals surface area contributed by atoms with Gasteiger partial charge in [-0.15, -0.1) is 11.3 Å². The van der Waals surface area contributed by atoms with Gasteiger partial charge in [-0.2, -0.15) is 4.31 Å². The Morgan fingerprint density at radius 1 is 1.50 bits per heavy atom. The van der Waals surface area contributed by atoms with Crippen LogP contribution in [0.3, 0.4) is 0 Å². The van der Waals surface area contributed by atoms with Crippen LogP contribution in [0, 0.1) is 0 Å². The predicted molar refractivity (Wildman–Crippen MR) is 65.7 cm³/mol. The van der Waals surface area contributed by atoms with E-state index in [9.17, 15) is 8.42 Å². The Bertz CT molecular complexity index is 389. The van der Waals surface area contributed by atoms with Gasteiger partial charge in [0.15, 0.2) is 0 Å². The molecule has 0 amide bonds. The molecule has 1 aromatic rings. The number of hydrogen-bond acceptors (Lipinski definition) is 5. The molecule has 0 spiro atoms. The molecule has 16 heavy (non-hydrogen) atoms. The van der Waals surface area contributed by atoms with Crippen LogP contribution in [0.4, 0.5) is 0 Å². The number of nitrogens with zero attached hydrogens (tertiary/aromatic N) is 2. The Morgan fingerprint density at radius 2 is 2.25 bits per heavy atom. The summed E-state index contributed by atoms with van der Waals surface area (Å²) in [7, 11) is -1.59. The van der Waals surface area contributed by atoms with Gasteiger partial charge in [0.2, 0.25) is 10.0 Å². The molecular formula is C9H17N3O2S2. The number of hydrogen-bond donors (Lipinski definition) is 1. The van der Waals surface area contributed by atoms with E-state index in [2.05, 4.69) is 4.98 Å². The van der Waals surface area contributed by atoms with Crippen molar-refractivity contribution in [1.29, 1.82) is 0 Å². The first kappa shape index (κ1) is 13.6. The number of thiazole rings is 1. The van der Waals surface area contributed by atoms with E-state index in [0.717, 1.165) is 12.1 Å². The van der Waals surface area contributed by atoms with Gasteiger partial charge in [0.1, 0.15) is 0 Å². The van der Waals surface area contributed by atoms with Crippen molar-refractivity contribution in [1.82, 2.24) is 9.29 Å². The summed E-state index contributed by atoms with van der Waals surface area (Å²) < 4.78 is 24.9. The number of aromatic nitrogens is 1. The van der Waals surface area contributed by atoms with Gasteiger partial charge >= 0.3 is 0 Å². The molecule has 0 aliphatic rings. The number of rotatable bonds is 7. The van der Waals surface area contributed by atoms with Gasteiger partial charge < -0.3 is 5.73 Å². The maximum Gasteiger partial charge on any atom is 0.214 e. The van der Waals surface area contributed by atoms with E-state index in [1.807, 2.05) is 5.38 Å². The second kappa shape index (κ2) is 6.29. The van der Waals surface area contributed by atoms with Crippen LogP contribution in [-0.4, -0.2) is 37.1 Å². The van der Waals surface area contributed by atoms with Gasteiger partial charge in [0, 0.05) is 12.4 Å². The van der Waals surface area contributed by atoms with Crippen LogP contribution in [0.2, 0.25) is 0 Å². The maximum atomic E-state index is 11.8. The van der Waals surface area contributed by atoms with Crippen LogP contribution in [0.1, 0.15) is 18.5 Å². The minimum atomic E-state index is -3.17. The minimum absolute atomic E-state index is 0.158. The summed E-state index contributed by atoms with van der Waals surface area (Å²) in [4.78, 5) is 4.06. The Hall–Kier alpha value is -0.500. The van der Waals surface area contributed by atoms with Crippen molar-refractivity contribution in [3.63, 3.8) is 0 Å². The molecule has 92 valence electrons. The van der Waals surface area contributed by atoms with Crippen molar-refractivity contribution in [2.45, 2.75) is 19.4 Å². The lowest BCUT2D eigenvalue weighted by Crippen LogP contribution is -2.29. The molecule has 0 aliphatic carbocycles. The van der Waals surface area contributed by atoms with Crippen molar-refractivity contribution in [2.75, 3.05) is 19.3 Å². The van der Waals surface area contributed by atoms with Gasteiger partial charge in [-0.25, -0.2) is 13.4 Å². The number of nitrogens with two attached hydrogens (primary N) is 1. The highest BCUT2D eigenvalue weighted by atomic mass is 32.2. The Morgan fingerprint density at radius 3 is 2.81 bits per heavy atom. The number of sulfonamides is 1. The molecular weight excluding hydrogens is 246 g/mol. The normalized spacial score (nSPS) is 12.2. The average Bonchev–Trinajstić information content (AvgIpc) is 2.70. The molecule has 0 saturated heterocycles. The molecule has 7 heteroatoms. The zero-order chi connectivity index (χ0) is 12.0. The topological polar surface area (TPSA) is 76.3 Å². The highest BCUT2D eigenvalue weighted by molar-refractivity contribution is 7.89. The van der Waals surface area contributed by atoms with E-state index in [1.165, 1.54) is 15.6 Å². The second-order valence-corrected chi connectivity index (χ2v) is 6.46. The summed E-state index contributed by atoms with van der Waals surface area (Å²) >= 11 is 1.46. The van der Waals surface area contributed by atoms with Crippen molar-refractivity contribution < 1.29 is 8.42 Å². The standard InChI is InChI=1S/C9H17N3O2S2/c1-12(6-9-7-15-8-11-9)16(13,14)5-3-2-4-10/h7-8H,2-6,10H2,1H3. The second-order valence-electron chi connectivity index (χ2n) is 3.55. The lowest BCUT2D eigenvalue weighted by atomic mass is 10.3. The van der Waals surface area contributed by atoms with E-state index >= 15 is 0 Å². The van der Waals surface area contributed by atoms with E-state index in [-0.39, 0.29) is 5.75 Å². The van der Waals surface area contributed by atoms with Crippen molar-refractivity contribution in [2.24, 2.45) is 5.73 Å². The predicted octanol–water partition coefficient (Wildman–Crippen LogP) is 0.644. The Kier molecular flexibility index (Phi) is 5.33. The molecule has 2 N–H and O–H groups in total. The fraction of sp³-hybridized carbons (Fsp3) is 0.667. The first-order chi connectivity index (χ1) is 7.56. The molecule has 0 bridgehead atoms. The lowest BCUT2D eigenvalue weighted by molar-refractivity contribution is 0.461. The summed E-state index contributed by atoms with van der Waals surface area (Å²) in [5.41, 5.74) is 7.81. The smallest absolute Gasteiger partial charge is 0.214 e. The maximum absolute atomic E-state index is 11.8. The molecule has 1 heterocycles. The minimum Gasteiger partial charge on any atom is -0.330 e. The molecule has 1 rings (SSSR count). The zero-order valence-corrected chi connectivity index (χ0v) is 10.9. The third-order valence-corrected chi connectivity index (χ3v) is 4.72. The lowest BCUT2D eigenvalue weighted by Gasteiger charge is -2.15. The summed E-state index contributed by atoms with van der Waals surface area (Å²) in [6, 6.07) is 0. The van der Waals surface area contributed by atoms with Gasteiger partial charge in [-0.05, 0) is 19.4 Å². The summed E-state index contributed by atoms with van der Waals surface area (Å²) in [5, 5.41) is 1.85. The Balaban J connectivity index is 2.48. The first-order valence-electron chi connectivity index (χ1n) is 5.07. The zero-order valence-electron chi connectivity index (χ0n) is 9.30. The van der Waals surface area contributed by atoms with E-state index in [1.54, 1.807) is 12.6 Å². The fourth-order valence-corrected chi connectivity index (χ4v) is 2.99. The molecule has 0 radical (unpaired) electrons. The van der Waals surface area contributed by atoms with Crippen LogP contribution < -0.4 is 5.73 Å². The number of unbranched alkanes of at least 4 members (excludes halogenated alkanes) is 1. The van der Waals surface area contributed by atoms with Gasteiger partial charge in [-0.1, -0.05) is 0 Å². The van der Waals surface area contributed by atoms with Crippen LogP contribution in [-0.2, 0) is 16.6 Å².